The first-order valence-corrected chi connectivity index (χ1v) is 8.57. The number of rotatable bonds is 6. The highest BCUT2D eigenvalue weighted by molar-refractivity contribution is 6.21. The van der Waals surface area contributed by atoms with Crippen molar-refractivity contribution in [3.63, 3.8) is 0 Å². The van der Waals surface area contributed by atoms with Gasteiger partial charge >= 0.3 is 17.9 Å². The van der Waals surface area contributed by atoms with Gasteiger partial charge in [-0.3, -0.25) is 0 Å². The molecule has 28 heavy (non-hydrogen) atoms. The van der Waals surface area contributed by atoms with Gasteiger partial charge in [0.2, 0.25) is 0 Å². The number of fused-ring (bicyclic) bond motifs is 3. The summed E-state index contributed by atoms with van der Waals surface area (Å²) < 4.78 is 10.1. The minimum absolute atomic E-state index is 0.0939. The third kappa shape index (κ3) is 3.71. The van der Waals surface area contributed by atoms with Crippen molar-refractivity contribution in [1.29, 1.82) is 0 Å². The predicted octanol–water partition coefficient (Wildman–Crippen LogP) is 3.97. The highest BCUT2D eigenvalue weighted by Gasteiger charge is 2.18. The molecule has 0 saturated heterocycles. The highest BCUT2D eigenvalue weighted by atomic mass is 16.6. The molecular formula is C22H18O6. The van der Waals surface area contributed by atoms with E-state index in [0.717, 1.165) is 5.39 Å². The van der Waals surface area contributed by atoms with E-state index in [1.807, 2.05) is 12.1 Å². The predicted molar refractivity (Wildman–Crippen MR) is 104 cm³/mol. The Morgan fingerprint density at radius 3 is 1.96 bits per heavy atom. The number of carbonyl (C=O) groups excluding carboxylic acids is 2. The van der Waals surface area contributed by atoms with Crippen LogP contribution in [0.1, 0.15) is 27.6 Å². The Morgan fingerprint density at radius 2 is 1.39 bits per heavy atom. The summed E-state index contributed by atoms with van der Waals surface area (Å²) in [5, 5.41) is 12.0. The van der Waals surface area contributed by atoms with Gasteiger partial charge in [0.05, 0.1) is 11.1 Å². The quantitative estimate of drug-likeness (QED) is 0.302. The number of hydrogen-bond donors (Lipinski definition) is 1. The summed E-state index contributed by atoms with van der Waals surface area (Å²) in [5.41, 5.74) is 0.620. The number of carboxylic acids is 1. The van der Waals surface area contributed by atoms with Crippen LogP contribution in [0.2, 0.25) is 0 Å². The van der Waals surface area contributed by atoms with Crippen molar-refractivity contribution in [1.82, 2.24) is 0 Å². The zero-order valence-electron chi connectivity index (χ0n) is 15.2. The van der Waals surface area contributed by atoms with Crippen LogP contribution in [0.15, 0.2) is 60.7 Å². The second-order valence-corrected chi connectivity index (χ2v) is 6.23. The van der Waals surface area contributed by atoms with Crippen LogP contribution in [0, 0.1) is 0 Å². The van der Waals surface area contributed by atoms with Crippen LogP contribution < -0.4 is 0 Å². The fraction of sp³-hybridized carbons (Fsp3) is 0.136. The first kappa shape index (κ1) is 19.1. The van der Waals surface area contributed by atoms with Crippen molar-refractivity contribution in [2.45, 2.75) is 6.92 Å². The number of ether oxygens (including phenoxy) is 2. The van der Waals surface area contributed by atoms with Gasteiger partial charge in [-0.1, -0.05) is 43.0 Å². The summed E-state index contributed by atoms with van der Waals surface area (Å²) in [4.78, 5) is 35.7. The largest absolute Gasteiger partial charge is 0.478 e. The maximum atomic E-state index is 12.6. The Hall–Kier alpha value is -3.67. The highest BCUT2D eigenvalue weighted by Crippen LogP contribution is 2.31. The molecule has 1 N–H and O–H groups in total. The normalized spacial score (nSPS) is 10.6. The van der Waals surface area contributed by atoms with Crippen molar-refractivity contribution < 1.29 is 29.0 Å². The lowest BCUT2D eigenvalue weighted by Gasteiger charge is -2.12. The molecule has 3 rings (SSSR count). The van der Waals surface area contributed by atoms with Crippen molar-refractivity contribution >= 4 is 39.5 Å². The molecule has 0 aliphatic rings. The summed E-state index contributed by atoms with van der Waals surface area (Å²) >= 11 is 0. The Labute approximate surface area is 161 Å². The summed E-state index contributed by atoms with van der Waals surface area (Å²) in [5.74, 6) is -2.25. The zero-order valence-corrected chi connectivity index (χ0v) is 15.2. The maximum absolute atomic E-state index is 12.6. The monoisotopic (exact) mass is 378 g/mol. The third-order valence-electron chi connectivity index (χ3n) is 4.23. The number of carbonyl (C=O) groups is 3. The standard InChI is InChI=1S/C22H18O6/c1-13(2)21(25)27-11-12-28-22(26)17-8-4-6-15-10-9-14-5-3-7-16(20(23)24)18(14)19(15)17/h3-10H,1,11-12H2,2H3,(H,23,24). The molecule has 0 atom stereocenters. The molecule has 0 heterocycles. The number of aromatic carboxylic acids is 1. The molecule has 0 fully saturated rings. The van der Waals surface area contributed by atoms with Crippen LogP contribution in [-0.2, 0) is 14.3 Å². The van der Waals surface area contributed by atoms with Crippen molar-refractivity contribution in [2.24, 2.45) is 0 Å². The Kier molecular flexibility index (Phi) is 5.40. The van der Waals surface area contributed by atoms with E-state index in [1.54, 1.807) is 30.3 Å². The fourth-order valence-electron chi connectivity index (χ4n) is 2.97. The van der Waals surface area contributed by atoms with Gasteiger partial charge in [-0.05, 0) is 29.8 Å². The topological polar surface area (TPSA) is 89.9 Å². The van der Waals surface area contributed by atoms with Gasteiger partial charge in [-0.25, -0.2) is 14.4 Å². The zero-order chi connectivity index (χ0) is 20.3. The fourth-order valence-corrected chi connectivity index (χ4v) is 2.97. The molecule has 0 unspecified atom stereocenters. The number of esters is 2. The third-order valence-corrected chi connectivity index (χ3v) is 4.23. The maximum Gasteiger partial charge on any atom is 0.338 e. The van der Waals surface area contributed by atoms with E-state index in [2.05, 4.69) is 6.58 Å². The van der Waals surface area contributed by atoms with E-state index < -0.39 is 17.9 Å². The molecule has 6 nitrogen and oxygen atoms in total. The first-order valence-electron chi connectivity index (χ1n) is 8.57. The van der Waals surface area contributed by atoms with Crippen LogP contribution in [0.5, 0.6) is 0 Å². The number of hydrogen-bond acceptors (Lipinski definition) is 5. The second kappa shape index (κ2) is 7.92. The van der Waals surface area contributed by atoms with Gasteiger partial charge in [0.1, 0.15) is 13.2 Å². The summed E-state index contributed by atoms with van der Waals surface area (Å²) in [6, 6.07) is 13.7. The van der Waals surface area contributed by atoms with E-state index in [4.69, 9.17) is 9.47 Å². The van der Waals surface area contributed by atoms with Crippen LogP contribution in [0.4, 0.5) is 0 Å². The van der Waals surface area contributed by atoms with Gasteiger partial charge in [-0.2, -0.15) is 0 Å². The first-order chi connectivity index (χ1) is 13.4. The van der Waals surface area contributed by atoms with Crippen molar-refractivity contribution in [3.8, 4) is 0 Å². The average molecular weight is 378 g/mol. The molecule has 142 valence electrons. The van der Waals surface area contributed by atoms with Crippen molar-refractivity contribution in [2.75, 3.05) is 13.2 Å². The molecule has 0 aliphatic carbocycles. The van der Waals surface area contributed by atoms with E-state index in [-0.39, 0.29) is 29.9 Å². The lowest BCUT2D eigenvalue weighted by Crippen LogP contribution is -2.14. The van der Waals surface area contributed by atoms with E-state index in [0.29, 0.717) is 16.2 Å². The summed E-state index contributed by atoms with van der Waals surface area (Å²) in [6.45, 7) is 4.78. The molecule has 0 saturated carbocycles. The molecule has 0 amide bonds. The van der Waals surface area contributed by atoms with E-state index >= 15 is 0 Å². The SMILES string of the molecule is C=C(C)C(=O)OCCOC(=O)c1cccc2ccc3cccc(C(=O)O)c3c12. The Bertz CT molecular complexity index is 1110. The molecular weight excluding hydrogens is 360 g/mol. The van der Waals surface area contributed by atoms with Crippen LogP contribution >= 0.6 is 0 Å². The minimum Gasteiger partial charge on any atom is -0.478 e. The van der Waals surface area contributed by atoms with Gasteiger partial charge in [0, 0.05) is 16.3 Å². The van der Waals surface area contributed by atoms with Gasteiger partial charge < -0.3 is 14.6 Å². The van der Waals surface area contributed by atoms with Crippen LogP contribution in [-0.4, -0.2) is 36.2 Å². The molecule has 3 aromatic carbocycles. The second-order valence-electron chi connectivity index (χ2n) is 6.23. The lowest BCUT2D eigenvalue weighted by atomic mass is 9.94. The van der Waals surface area contributed by atoms with Gasteiger partial charge in [0.15, 0.2) is 0 Å². The van der Waals surface area contributed by atoms with Gasteiger partial charge in [0.25, 0.3) is 0 Å². The molecule has 6 heteroatoms. The molecule has 0 aromatic heterocycles. The van der Waals surface area contributed by atoms with Crippen LogP contribution in [0.3, 0.4) is 0 Å². The minimum atomic E-state index is -1.08. The van der Waals surface area contributed by atoms with Crippen LogP contribution in [0.25, 0.3) is 21.5 Å². The molecule has 0 aliphatic heterocycles. The Balaban J connectivity index is 1.97. The van der Waals surface area contributed by atoms with E-state index in [1.165, 1.54) is 13.0 Å². The number of carboxylic acid groups (broad SMARTS) is 1. The molecule has 0 radical (unpaired) electrons. The van der Waals surface area contributed by atoms with Crippen molar-refractivity contribution in [3.05, 3.63) is 71.8 Å². The summed E-state index contributed by atoms with van der Waals surface area (Å²) in [7, 11) is 0. The van der Waals surface area contributed by atoms with E-state index in [9.17, 15) is 19.5 Å². The molecule has 3 aromatic rings. The lowest BCUT2D eigenvalue weighted by molar-refractivity contribution is -0.140. The molecule has 0 spiro atoms. The summed E-state index contributed by atoms with van der Waals surface area (Å²) in [6.07, 6.45) is 0. The van der Waals surface area contributed by atoms with Gasteiger partial charge in [-0.15, -0.1) is 0 Å². The Morgan fingerprint density at radius 1 is 0.857 bits per heavy atom. The molecule has 0 bridgehead atoms. The number of benzene rings is 3. The average Bonchev–Trinajstić information content (AvgIpc) is 2.69. The smallest absolute Gasteiger partial charge is 0.338 e.